The lowest BCUT2D eigenvalue weighted by Gasteiger charge is -2.41. The quantitative estimate of drug-likeness (QED) is 0.194. The van der Waals surface area contributed by atoms with Gasteiger partial charge < -0.3 is 26.0 Å². The summed E-state index contributed by atoms with van der Waals surface area (Å²) in [6.45, 7) is 9.00. The van der Waals surface area contributed by atoms with E-state index in [0.717, 1.165) is 66.6 Å². The Morgan fingerprint density at radius 2 is 1.84 bits per heavy atom. The average Bonchev–Trinajstić information content (AvgIpc) is 3.07. The molecule has 2 heterocycles. The lowest BCUT2D eigenvalue weighted by atomic mass is 9.85. The average molecular weight is 617 g/mol. The number of carbonyl (C=O) groups is 1. The van der Waals surface area contributed by atoms with Crippen LogP contribution in [0.15, 0.2) is 48.7 Å². The van der Waals surface area contributed by atoms with E-state index in [1.807, 2.05) is 25.1 Å². The zero-order valence-corrected chi connectivity index (χ0v) is 26.2. The molecule has 2 aromatic carbocycles. The maximum atomic E-state index is 12.0. The van der Waals surface area contributed by atoms with Crippen molar-refractivity contribution in [3.63, 3.8) is 0 Å². The Morgan fingerprint density at radius 1 is 1.09 bits per heavy atom. The van der Waals surface area contributed by atoms with Gasteiger partial charge >= 0.3 is 11.8 Å². The van der Waals surface area contributed by atoms with Gasteiger partial charge in [0, 0.05) is 51.9 Å². The molecule has 5 rings (SSSR count). The molecular weight excluding hydrogens is 572 g/mol. The van der Waals surface area contributed by atoms with Crippen LogP contribution in [-0.4, -0.2) is 76.2 Å². The van der Waals surface area contributed by atoms with Crippen LogP contribution < -0.4 is 16.4 Å². The summed E-state index contributed by atoms with van der Waals surface area (Å²) in [4.78, 5) is 36.4. The lowest BCUT2D eigenvalue weighted by molar-refractivity contribution is -0.384. The van der Waals surface area contributed by atoms with Gasteiger partial charge in [0.05, 0.1) is 11.5 Å². The first-order chi connectivity index (χ1) is 21.9. The smallest absolute Gasteiger partial charge is 0.409 e. The second kappa shape index (κ2) is 15.1. The van der Waals surface area contributed by atoms with Gasteiger partial charge in [0.2, 0.25) is 11.8 Å². The van der Waals surface area contributed by atoms with Gasteiger partial charge in [0.15, 0.2) is 0 Å². The van der Waals surface area contributed by atoms with Gasteiger partial charge in [-0.25, -0.2) is 9.78 Å². The molecule has 2 fully saturated rings. The number of hydrogen-bond donors (Lipinski definition) is 3. The third-order valence-electron chi connectivity index (χ3n) is 9.05. The Kier molecular flexibility index (Phi) is 10.8. The van der Waals surface area contributed by atoms with Crippen molar-refractivity contribution >= 4 is 23.5 Å². The molecule has 12 heteroatoms. The Balaban J connectivity index is 1.15. The van der Waals surface area contributed by atoms with Gasteiger partial charge in [-0.15, -0.1) is 0 Å². The van der Waals surface area contributed by atoms with Crippen molar-refractivity contribution in [1.82, 2.24) is 19.8 Å². The second-order valence-electron chi connectivity index (χ2n) is 11.8. The van der Waals surface area contributed by atoms with E-state index in [1.54, 1.807) is 4.90 Å². The summed E-state index contributed by atoms with van der Waals surface area (Å²) in [5.41, 5.74) is 11.3. The van der Waals surface area contributed by atoms with Crippen LogP contribution >= 0.6 is 0 Å². The van der Waals surface area contributed by atoms with Crippen molar-refractivity contribution in [2.75, 3.05) is 50.0 Å². The van der Waals surface area contributed by atoms with Crippen molar-refractivity contribution in [1.29, 1.82) is 0 Å². The number of anilines is 2. The molecule has 1 saturated heterocycles. The van der Waals surface area contributed by atoms with E-state index in [1.165, 1.54) is 6.20 Å². The Morgan fingerprint density at radius 3 is 2.56 bits per heavy atom. The van der Waals surface area contributed by atoms with Gasteiger partial charge in [-0.3, -0.25) is 15.0 Å². The van der Waals surface area contributed by atoms with Crippen LogP contribution in [-0.2, 0) is 17.8 Å². The zero-order valence-electron chi connectivity index (χ0n) is 26.2. The number of piperazine rings is 1. The molecule has 1 amide bonds. The first-order valence-corrected chi connectivity index (χ1v) is 15.9. The minimum Gasteiger partial charge on any atom is -0.450 e. The normalized spacial score (nSPS) is 18.8. The number of hydrogen-bond acceptors (Lipinski definition) is 10. The third kappa shape index (κ3) is 8.06. The molecule has 1 aromatic heterocycles. The topological polar surface area (TPSA) is 152 Å². The van der Waals surface area contributed by atoms with E-state index in [-0.39, 0.29) is 17.6 Å². The van der Waals surface area contributed by atoms with Crippen molar-refractivity contribution in [2.24, 2.45) is 11.7 Å². The first kappa shape index (κ1) is 32.1. The van der Waals surface area contributed by atoms with Gasteiger partial charge in [-0.05, 0) is 79.3 Å². The summed E-state index contributed by atoms with van der Waals surface area (Å²) in [5.74, 6) is 0.971. The first-order valence-electron chi connectivity index (χ1n) is 15.9. The van der Waals surface area contributed by atoms with E-state index >= 15 is 0 Å². The minimum absolute atomic E-state index is 0.133. The van der Waals surface area contributed by atoms with E-state index in [9.17, 15) is 14.9 Å². The SMILES string of the molecule is CCOC(=O)N1CCN(C2CCC(CNc3nc(NCc4cccc(-c5cccc(CN)c5)c4C)ncc3[N+](=O)[O-])CC2)CC1. The molecule has 45 heavy (non-hydrogen) atoms. The van der Waals surface area contributed by atoms with E-state index in [2.05, 4.69) is 56.7 Å². The largest absolute Gasteiger partial charge is 0.450 e. The fourth-order valence-corrected chi connectivity index (χ4v) is 6.39. The van der Waals surface area contributed by atoms with Crippen LogP contribution in [0.1, 0.15) is 49.3 Å². The summed E-state index contributed by atoms with van der Waals surface area (Å²) < 4.78 is 5.14. The lowest BCUT2D eigenvalue weighted by Crippen LogP contribution is -2.52. The molecule has 4 N–H and O–H groups in total. The number of nitro groups is 1. The highest BCUT2D eigenvalue weighted by molar-refractivity contribution is 5.69. The molecule has 3 aromatic rings. The number of benzene rings is 2. The molecule has 240 valence electrons. The zero-order chi connectivity index (χ0) is 31.8. The molecule has 0 radical (unpaired) electrons. The van der Waals surface area contributed by atoms with Gasteiger partial charge in [0.1, 0.15) is 6.20 Å². The molecule has 2 aliphatic rings. The summed E-state index contributed by atoms with van der Waals surface area (Å²) in [5, 5.41) is 18.3. The molecule has 0 atom stereocenters. The van der Waals surface area contributed by atoms with Gasteiger partial charge in [-0.1, -0.05) is 36.4 Å². The summed E-state index contributed by atoms with van der Waals surface area (Å²) in [6.07, 6.45) is 5.25. The highest BCUT2D eigenvalue weighted by Crippen LogP contribution is 2.31. The Hall–Kier alpha value is -4.29. The van der Waals surface area contributed by atoms with Crippen LogP contribution in [0.4, 0.5) is 22.2 Å². The van der Waals surface area contributed by atoms with E-state index in [4.69, 9.17) is 10.5 Å². The fraction of sp³-hybridized carbons (Fsp3) is 0.485. The second-order valence-corrected chi connectivity index (χ2v) is 11.8. The summed E-state index contributed by atoms with van der Waals surface area (Å²) in [7, 11) is 0. The standard InChI is InChI=1S/C33H44N8O4/c1-3-45-33(42)40-16-14-39(15-17-40)28-12-10-24(11-13-28)20-35-31-30(41(43)44)22-37-32(38-31)36-21-27-8-5-9-29(23(27)2)26-7-4-6-25(18-26)19-34/h4-9,18,22,24,28H,3,10-17,19-21,34H2,1-2H3,(H2,35,36,37,38). The number of carbonyl (C=O) groups excluding carboxylic acids is 1. The van der Waals surface area contributed by atoms with Crippen LogP contribution in [0.2, 0.25) is 0 Å². The molecule has 1 aliphatic carbocycles. The molecule has 0 bridgehead atoms. The molecule has 1 saturated carbocycles. The highest BCUT2D eigenvalue weighted by atomic mass is 16.6. The van der Waals surface area contributed by atoms with E-state index < -0.39 is 4.92 Å². The third-order valence-corrected chi connectivity index (χ3v) is 9.05. The fourth-order valence-electron chi connectivity index (χ4n) is 6.39. The minimum atomic E-state index is -0.442. The Bertz CT molecular complexity index is 1470. The molecule has 12 nitrogen and oxygen atoms in total. The molecule has 1 aliphatic heterocycles. The van der Waals surface area contributed by atoms with Crippen LogP contribution in [0.5, 0.6) is 0 Å². The molecule has 0 unspecified atom stereocenters. The maximum Gasteiger partial charge on any atom is 0.409 e. The predicted molar refractivity (Wildman–Crippen MR) is 175 cm³/mol. The van der Waals surface area contributed by atoms with Crippen molar-refractivity contribution in [3.8, 4) is 11.1 Å². The monoisotopic (exact) mass is 616 g/mol. The highest BCUT2D eigenvalue weighted by Gasteiger charge is 2.30. The van der Waals surface area contributed by atoms with Crippen LogP contribution in [0, 0.1) is 23.0 Å². The maximum absolute atomic E-state index is 12.0. The van der Waals surface area contributed by atoms with Crippen LogP contribution in [0.3, 0.4) is 0 Å². The number of nitrogens with two attached hydrogens (primary N) is 1. The van der Waals surface area contributed by atoms with E-state index in [0.29, 0.717) is 57.2 Å². The predicted octanol–water partition coefficient (Wildman–Crippen LogP) is 5.18. The summed E-state index contributed by atoms with van der Waals surface area (Å²) >= 11 is 0. The van der Waals surface area contributed by atoms with Gasteiger partial charge in [0.25, 0.3) is 0 Å². The number of amides is 1. The molecular formula is C33H44N8O4. The van der Waals surface area contributed by atoms with Crippen molar-refractivity contribution in [2.45, 2.75) is 58.7 Å². The number of aromatic nitrogens is 2. The number of nitrogens with one attached hydrogen (secondary N) is 2. The van der Waals surface area contributed by atoms with Gasteiger partial charge in [-0.2, -0.15) is 4.98 Å². The van der Waals surface area contributed by atoms with Crippen molar-refractivity contribution in [3.05, 3.63) is 75.5 Å². The van der Waals surface area contributed by atoms with Crippen molar-refractivity contribution < 1.29 is 14.5 Å². The number of ether oxygens (including phenoxy) is 1. The molecule has 0 spiro atoms. The Labute approximate surface area is 264 Å². The number of rotatable bonds is 11. The van der Waals surface area contributed by atoms with Crippen LogP contribution in [0.25, 0.3) is 11.1 Å². The summed E-state index contributed by atoms with van der Waals surface area (Å²) in [6, 6.07) is 14.9. The number of nitrogens with zero attached hydrogens (tertiary/aromatic N) is 5.